The predicted molar refractivity (Wildman–Crippen MR) is 65.3 cm³/mol. The molecule has 0 radical (unpaired) electrons. The third-order valence-corrected chi connectivity index (χ3v) is 2.79. The SMILES string of the molecule is CC(C#N)CNC(C)c1cccc(Br)c1. The molecule has 0 saturated carbocycles. The lowest BCUT2D eigenvalue weighted by molar-refractivity contribution is 0.528. The predicted octanol–water partition coefficient (Wildman–Crippen LogP) is 3.26. The van der Waals surface area contributed by atoms with Gasteiger partial charge in [-0.2, -0.15) is 5.26 Å². The molecule has 0 spiro atoms. The molecule has 0 heterocycles. The Morgan fingerprint density at radius 3 is 2.80 bits per heavy atom. The van der Waals surface area contributed by atoms with Gasteiger partial charge in [0.15, 0.2) is 0 Å². The molecular weight excluding hydrogens is 252 g/mol. The lowest BCUT2D eigenvalue weighted by Crippen LogP contribution is -2.23. The maximum Gasteiger partial charge on any atom is 0.0666 e. The Kier molecular flexibility index (Phi) is 4.80. The maximum atomic E-state index is 8.66. The number of hydrogen-bond donors (Lipinski definition) is 1. The number of nitriles is 1. The zero-order valence-electron chi connectivity index (χ0n) is 9.00. The summed E-state index contributed by atoms with van der Waals surface area (Å²) >= 11 is 3.44. The highest BCUT2D eigenvalue weighted by Gasteiger charge is 2.06. The molecule has 2 nitrogen and oxygen atoms in total. The summed E-state index contributed by atoms with van der Waals surface area (Å²) in [7, 11) is 0. The molecule has 2 atom stereocenters. The fraction of sp³-hybridized carbons (Fsp3) is 0.417. The first-order valence-corrected chi connectivity index (χ1v) is 5.81. The fourth-order valence-electron chi connectivity index (χ4n) is 1.29. The van der Waals surface area contributed by atoms with Crippen LogP contribution in [0, 0.1) is 17.2 Å². The van der Waals surface area contributed by atoms with Gasteiger partial charge in [0.25, 0.3) is 0 Å². The third kappa shape index (κ3) is 4.03. The molecule has 0 aromatic heterocycles. The van der Waals surface area contributed by atoms with Crippen LogP contribution >= 0.6 is 15.9 Å². The lowest BCUT2D eigenvalue weighted by atomic mass is 10.1. The summed E-state index contributed by atoms with van der Waals surface area (Å²) in [5, 5.41) is 12.0. The smallest absolute Gasteiger partial charge is 0.0666 e. The van der Waals surface area contributed by atoms with Crippen LogP contribution in [-0.4, -0.2) is 6.54 Å². The Hall–Kier alpha value is -0.850. The molecule has 0 aliphatic rings. The zero-order valence-corrected chi connectivity index (χ0v) is 10.6. The monoisotopic (exact) mass is 266 g/mol. The average molecular weight is 267 g/mol. The number of rotatable bonds is 4. The van der Waals surface area contributed by atoms with Gasteiger partial charge >= 0.3 is 0 Å². The van der Waals surface area contributed by atoms with E-state index in [1.165, 1.54) is 5.56 Å². The molecular formula is C12H15BrN2. The van der Waals surface area contributed by atoms with E-state index >= 15 is 0 Å². The second-order valence-electron chi connectivity index (χ2n) is 3.72. The molecule has 1 aromatic carbocycles. The largest absolute Gasteiger partial charge is 0.309 e. The number of nitrogens with zero attached hydrogens (tertiary/aromatic N) is 1. The van der Waals surface area contributed by atoms with Crippen molar-refractivity contribution in [3.8, 4) is 6.07 Å². The second-order valence-corrected chi connectivity index (χ2v) is 4.63. The summed E-state index contributed by atoms with van der Waals surface area (Å²) in [6.07, 6.45) is 0. The summed E-state index contributed by atoms with van der Waals surface area (Å²) in [5.41, 5.74) is 1.23. The van der Waals surface area contributed by atoms with Crippen LogP contribution in [0.3, 0.4) is 0 Å². The lowest BCUT2D eigenvalue weighted by Gasteiger charge is -2.15. The first-order valence-electron chi connectivity index (χ1n) is 5.02. The number of hydrogen-bond acceptors (Lipinski definition) is 2. The molecule has 1 rings (SSSR count). The topological polar surface area (TPSA) is 35.8 Å². The number of benzene rings is 1. The van der Waals surface area contributed by atoms with Crippen molar-refractivity contribution in [1.29, 1.82) is 5.26 Å². The summed E-state index contributed by atoms with van der Waals surface area (Å²) < 4.78 is 1.09. The maximum absolute atomic E-state index is 8.66. The van der Waals surface area contributed by atoms with Crippen molar-refractivity contribution in [2.75, 3.05) is 6.54 Å². The summed E-state index contributed by atoms with van der Waals surface area (Å²) in [6.45, 7) is 4.75. The van der Waals surface area contributed by atoms with Gasteiger partial charge in [0.1, 0.15) is 0 Å². The molecule has 0 bridgehead atoms. The molecule has 0 aliphatic carbocycles. The van der Waals surface area contributed by atoms with Gasteiger partial charge in [0, 0.05) is 17.1 Å². The van der Waals surface area contributed by atoms with E-state index in [1.54, 1.807) is 0 Å². The highest BCUT2D eigenvalue weighted by Crippen LogP contribution is 2.17. The first kappa shape index (κ1) is 12.2. The molecule has 2 unspecified atom stereocenters. The van der Waals surface area contributed by atoms with E-state index in [4.69, 9.17) is 5.26 Å². The van der Waals surface area contributed by atoms with Crippen LogP contribution in [-0.2, 0) is 0 Å². The number of halogens is 1. The van der Waals surface area contributed by atoms with Crippen LogP contribution in [0.4, 0.5) is 0 Å². The molecule has 1 aromatic rings. The molecule has 3 heteroatoms. The van der Waals surface area contributed by atoms with E-state index in [2.05, 4.69) is 46.4 Å². The molecule has 80 valence electrons. The van der Waals surface area contributed by atoms with Crippen molar-refractivity contribution in [2.45, 2.75) is 19.9 Å². The average Bonchev–Trinajstić information content (AvgIpc) is 2.25. The van der Waals surface area contributed by atoms with Crippen molar-refractivity contribution in [3.63, 3.8) is 0 Å². The minimum Gasteiger partial charge on any atom is -0.309 e. The van der Waals surface area contributed by atoms with Crippen LogP contribution in [0.15, 0.2) is 28.7 Å². The van der Waals surface area contributed by atoms with Crippen molar-refractivity contribution in [3.05, 3.63) is 34.3 Å². The first-order chi connectivity index (χ1) is 7.13. The Balaban J connectivity index is 2.54. The Morgan fingerprint density at radius 1 is 1.47 bits per heavy atom. The molecule has 15 heavy (non-hydrogen) atoms. The second kappa shape index (κ2) is 5.89. The third-order valence-electron chi connectivity index (χ3n) is 2.30. The quantitative estimate of drug-likeness (QED) is 0.908. The Labute approximate surface area is 99.4 Å². The van der Waals surface area contributed by atoms with Crippen LogP contribution in [0.1, 0.15) is 25.5 Å². The Bertz CT molecular complexity index is 357. The van der Waals surface area contributed by atoms with E-state index in [9.17, 15) is 0 Å². The van der Waals surface area contributed by atoms with E-state index in [-0.39, 0.29) is 12.0 Å². The van der Waals surface area contributed by atoms with Crippen molar-refractivity contribution in [1.82, 2.24) is 5.32 Å². The summed E-state index contributed by atoms with van der Waals surface area (Å²) in [5.74, 6) is 0.0552. The van der Waals surface area contributed by atoms with Crippen LogP contribution in [0.5, 0.6) is 0 Å². The van der Waals surface area contributed by atoms with Crippen molar-refractivity contribution >= 4 is 15.9 Å². The number of nitrogens with one attached hydrogen (secondary N) is 1. The minimum absolute atomic E-state index is 0.0552. The highest BCUT2D eigenvalue weighted by atomic mass is 79.9. The van der Waals surface area contributed by atoms with E-state index in [1.807, 2.05) is 19.1 Å². The molecule has 0 fully saturated rings. The normalized spacial score (nSPS) is 14.3. The van der Waals surface area contributed by atoms with Crippen LogP contribution < -0.4 is 5.32 Å². The molecule has 1 N–H and O–H groups in total. The van der Waals surface area contributed by atoms with Crippen molar-refractivity contribution < 1.29 is 0 Å². The van der Waals surface area contributed by atoms with Gasteiger partial charge in [0.05, 0.1) is 12.0 Å². The van der Waals surface area contributed by atoms with Gasteiger partial charge in [-0.25, -0.2) is 0 Å². The van der Waals surface area contributed by atoms with E-state index in [0.717, 1.165) is 11.0 Å². The van der Waals surface area contributed by atoms with E-state index in [0.29, 0.717) is 0 Å². The Morgan fingerprint density at radius 2 is 2.20 bits per heavy atom. The highest BCUT2D eigenvalue weighted by molar-refractivity contribution is 9.10. The zero-order chi connectivity index (χ0) is 11.3. The summed E-state index contributed by atoms with van der Waals surface area (Å²) in [6, 6.07) is 10.7. The van der Waals surface area contributed by atoms with Gasteiger partial charge in [0.2, 0.25) is 0 Å². The molecule has 0 aliphatic heterocycles. The van der Waals surface area contributed by atoms with E-state index < -0.39 is 0 Å². The van der Waals surface area contributed by atoms with Gasteiger partial charge < -0.3 is 5.32 Å². The van der Waals surface area contributed by atoms with Crippen LogP contribution in [0.25, 0.3) is 0 Å². The standard InChI is InChI=1S/C12H15BrN2/c1-9(7-14)8-15-10(2)11-4-3-5-12(13)6-11/h3-6,9-10,15H,8H2,1-2H3. The van der Waals surface area contributed by atoms with Gasteiger partial charge in [-0.1, -0.05) is 28.1 Å². The van der Waals surface area contributed by atoms with Crippen molar-refractivity contribution in [2.24, 2.45) is 5.92 Å². The fourth-order valence-corrected chi connectivity index (χ4v) is 1.71. The van der Waals surface area contributed by atoms with Crippen LogP contribution in [0.2, 0.25) is 0 Å². The molecule has 0 saturated heterocycles. The van der Waals surface area contributed by atoms with Gasteiger partial charge in [-0.3, -0.25) is 0 Å². The summed E-state index contributed by atoms with van der Waals surface area (Å²) in [4.78, 5) is 0. The minimum atomic E-state index is 0.0552. The molecule has 0 amide bonds. The van der Waals surface area contributed by atoms with Gasteiger partial charge in [-0.05, 0) is 31.5 Å². The van der Waals surface area contributed by atoms with Gasteiger partial charge in [-0.15, -0.1) is 0 Å².